The van der Waals surface area contributed by atoms with Gasteiger partial charge in [-0.05, 0) is 36.9 Å². The second-order valence-electron chi connectivity index (χ2n) is 5.49. The average Bonchev–Trinajstić information content (AvgIpc) is 2.95. The summed E-state index contributed by atoms with van der Waals surface area (Å²) in [5.41, 5.74) is 8.45. The topological polar surface area (TPSA) is 71.1 Å². The van der Waals surface area contributed by atoms with Gasteiger partial charge in [0.2, 0.25) is 0 Å². The Hall–Kier alpha value is -1.59. The fraction of sp³-hybridized carbons (Fsp3) is 0.533. The molecule has 3 N–H and O–H groups in total. The van der Waals surface area contributed by atoms with Crippen LogP contribution < -0.4 is 5.73 Å². The number of nitrogens with zero attached hydrogens (tertiary/aromatic N) is 2. The zero-order valence-corrected chi connectivity index (χ0v) is 11.5. The van der Waals surface area contributed by atoms with Gasteiger partial charge in [0.05, 0.1) is 18.8 Å². The highest BCUT2D eigenvalue weighted by atomic mass is 16.5. The molecule has 0 bridgehead atoms. The molecule has 0 aromatic heterocycles. The molecule has 2 heterocycles. The Morgan fingerprint density at radius 1 is 1.45 bits per heavy atom. The lowest BCUT2D eigenvalue weighted by Crippen LogP contribution is -2.43. The standard InChI is InChI=1S/C15H21N3O2/c16-15(17-19)13-6-3-8-18(13)10-14-12-5-2-1-4-11(12)7-9-20-14/h1-2,4-5,13-14,19H,3,6-10H2,(H2,16,17). The van der Waals surface area contributed by atoms with Crippen LogP contribution in [0.25, 0.3) is 0 Å². The summed E-state index contributed by atoms with van der Waals surface area (Å²) in [6, 6.07) is 8.50. The summed E-state index contributed by atoms with van der Waals surface area (Å²) in [5, 5.41) is 12.1. The molecular weight excluding hydrogens is 254 g/mol. The molecule has 0 saturated carbocycles. The normalized spacial score (nSPS) is 27.5. The summed E-state index contributed by atoms with van der Waals surface area (Å²) in [5.74, 6) is 0.312. The Labute approximate surface area is 119 Å². The summed E-state index contributed by atoms with van der Waals surface area (Å²) in [6.07, 6.45) is 3.10. The maximum Gasteiger partial charge on any atom is 0.156 e. The lowest BCUT2D eigenvalue weighted by molar-refractivity contribution is 0.0173. The number of likely N-dealkylation sites (tertiary alicyclic amines) is 1. The fourth-order valence-corrected chi connectivity index (χ4v) is 3.29. The highest BCUT2D eigenvalue weighted by Crippen LogP contribution is 2.30. The van der Waals surface area contributed by atoms with Crippen molar-refractivity contribution in [3.05, 3.63) is 35.4 Å². The van der Waals surface area contributed by atoms with Crippen LogP contribution in [0.5, 0.6) is 0 Å². The second-order valence-corrected chi connectivity index (χ2v) is 5.49. The molecule has 2 aliphatic rings. The van der Waals surface area contributed by atoms with Crippen LogP contribution in [-0.4, -0.2) is 41.7 Å². The van der Waals surface area contributed by atoms with E-state index in [1.165, 1.54) is 11.1 Å². The summed E-state index contributed by atoms with van der Waals surface area (Å²) in [4.78, 5) is 2.27. The molecule has 5 heteroatoms. The molecule has 108 valence electrons. The molecule has 0 radical (unpaired) electrons. The Bertz CT molecular complexity index is 504. The third kappa shape index (κ3) is 2.51. The molecule has 2 atom stereocenters. The molecule has 1 fully saturated rings. The van der Waals surface area contributed by atoms with Crippen LogP contribution in [0.3, 0.4) is 0 Å². The first-order chi connectivity index (χ1) is 9.79. The Kier molecular flexibility index (Phi) is 3.89. The van der Waals surface area contributed by atoms with Gasteiger partial charge in [0.1, 0.15) is 0 Å². The van der Waals surface area contributed by atoms with E-state index in [-0.39, 0.29) is 12.1 Å². The SMILES string of the molecule is NC(=NO)C1CCCN1CC1OCCc2ccccc21. The van der Waals surface area contributed by atoms with Gasteiger partial charge in [-0.3, -0.25) is 4.90 Å². The van der Waals surface area contributed by atoms with Crippen molar-refractivity contribution in [2.24, 2.45) is 10.9 Å². The van der Waals surface area contributed by atoms with Gasteiger partial charge in [0.25, 0.3) is 0 Å². The van der Waals surface area contributed by atoms with Gasteiger partial charge in [-0.2, -0.15) is 0 Å². The minimum Gasteiger partial charge on any atom is -0.409 e. The Balaban J connectivity index is 1.75. The monoisotopic (exact) mass is 275 g/mol. The Morgan fingerprint density at radius 2 is 2.30 bits per heavy atom. The quantitative estimate of drug-likeness (QED) is 0.380. The number of fused-ring (bicyclic) bond motifs is 1. The summed E-state index contributed by atoms with van der Waals surface area (Å²) in [6.45, 7) is 2.55. The summed E-state index contributed by atoms with van der Waals surface area (Å²) in [7, 11) is 0. The Morgan fingerprint density at radius 3 is 3.15 bits per heavy atom. The maximum absolute atomic E-state index is 8.88. The summed E-state index contributed by atoms with van der Waals surface area (Å²) < 4.78 is 5.94. The van der Waals surface area contributed by atoms with Crippen LogP contribution in [0.1, 0.15) is 30.1 Å². The van der Waals surface area contributed by atoms with Crippen molar-refractivity contribution < 1.29 is 9.94 Å². The van der Waals surface area contributed by atoms with Gasteiger partial charge in [0.15, 0.2) is 5.84 Å². The first-order valence-corrected chi connectivity index (χ1v) is 7.20. The van der Waals surface area contributed by atoms with Crippen molar-refractivity contribution in [3.8, 4) is 0 Å². The molecule has 1 aromatic rings. The fourth-order valence-electron chi connectivity index (χ4n) is 3.29. The molecule has 20 heavy (non-hydrogen) atoms. The number of hydrogen-bond acceptors (Lipinski definition) is 4. The largest absolute Gasteiger partial charge is 0.409 e. The van der Waals surface area contributed by atoms with E-state index in [2.05, 4.69) is 34.3 Å². The van der Waals surface area contributed by atoms with Crippen molar-refractivity contribution in [3.63, 3.8) is 0 Å². The number of amidine groups is 1. The zero-order chi connectivity index (χ0) is 13.9. The van der Waals surface area contributed by atoms with E-state index in [4.69, 9.17) is 15.7 Å². The third-order valence-corrected chi connectivity index (χ3v) is 4.31. The minimum absolute atomic E-state index is 0.0395. The van der Waals surface area contributed by atoms with E-state index in [1.807, 2.05) is 0 Å². The van der Waals surface area contributed by atoms with Crippen LogP contribution in [-0.2, 0) is 11.2 Å². The van der Waals surface area contributed by atoms with Crippen LogP contribution >= 0.6 is 0 Å². The van der Waals surface area contributed by atoms with Gasteiger partial charge in [-0.1, -0.05) is 29.4 Å². The molecule has 2 unspecified atom stereocenters. The van der Waals surface area contributed by atoms with Crippen molar-refractivity contribution in [1.82, 2.24) is 4.90 Å². The van der Waals surface area contributed by atoms with Crippen molar-refractivity contribution in [2.75, 3.05) is 19.7 Å². The van der Waals surface area contributed by atoms with Crippen LogP contribution in [0.4, 0.5) is 0 Å². The summed E-state index contributed by atoms with van der Waals surface area (Å²) >= 11 is 0. The average molecular weight is 275 g/mol. The number of oxime groups is 1. The molecule has 0 aliphatic carbocycles. The van der Waals surface area contributed by atoms with Crippen LogP contribution in [0, 0.1) is 0 Å². The van der Waals surface area contributed by atoms with Crippen molar-refractivity contribution >= 4 is 5.84 Å². The predicted octanol–water partition coefficient (Wildman–Crippen LogP) is 1.51. The number of benzene rings is 1. The van der Waals surface area contributed by atoms with Gasteiger partial charge in [-0.15, -0.1) is 0 Å². The van der Waals surface area contributed by atoms with Gasteiger partial charge in [-0.25, -0.2) is 0 Å². The van der Waals surface area contributed by atoms with Crippen LogP contribution in [0.15, 0.2) is 29.4 Å². The van der Waals surface area contributed by atoms with E-state index in [1.54, 1.807) is 0 Å². The predicted molar refractivity (Wildman–Crippen MR) is 76.8 cm³/mol. The van der Waals surface area contributed by atoms with Crippen molar-refractivity contribution in [2.45, 2.75) is 31.4 Å². The number of ether oxygens (including phenoxy) is 1. The lowest BCUT2D eigenvalue weighted by Gasteiger charge is -2.32. The van der Waals surface area contributed by atoms with E-state index < -0.39 is 0 Å². The highest BCUT2D eigenvalue weighted by molar-refractivity contribution is 5.85. The van der Waals surface area contributed by atoms with Crippen molar-refractivity contribution in [1.29, 1.82) is 0 Å². The van der Waals surface area contributed by atoms with E-state index in [0.717, 1.165) is 39.0 Å². The van der Waals surface area contributed by atoms with Gasteiger partial charge >= 0.3 is 0 Å². The first kappa shape index (κ1) is 13.4. The molecule has 1 saturated heterocycles. The molecule has 5 nitrogen and oxygen atoms in total. The van der Waals surface area contributed by atoms with Gasteiger partial charge < -0.3 is 15.7 Å². The number of rotatable bonds is 3. The first-order valence-electron chi connectivity index (χ1n) is 7.20. The van der Waals surface area contributed by atoms with E-state index in [0.29, 0.717) is 5.84 Å². The van der Waals surface area contributed by atoms with Crippen LogP contribution in [0.2, 0.25) is 0 Å². The van der Waals surface area contributed by atoms with Gasteiger partial charge in [0, 0.05) is 6.54 Å². The molecule has 2 aliphatic heterocycles. The smallest absolute Gasteiger partial charge is 0.156 e. The molecule has 1 aromatic carbocycles. The molecule has 0 amide bonds. The third-order valence-electron chi connectivity index (χ3n) is 4.31. The molecule has 3 rings (SSSR count). The minimum atomic E-state index is 0.0395. The van der Waals surface area contributed by atoms with E-state index >= 15 is 0 Å². The zero-order valence-electron chi connectivity index (χ0n) is 11.5. The molecular formula is C15H21N3O2. The lowest BCUT2D eigenvalue weighted by atomic mass is 9.97. The number of hydrogen-bond donors (Lipinski definition) is 2. The van der Waals surface area contributed by atoms with E-state index in [9.17, 15) is 0 Å². The maximum atomic E-state index is 8.88. The highest BCUT2D eigenvalue weighted by Gasteiger charge is 2.32. The number of nitrogens with two attached hydrogens (primary N) is 1. The second kappa shape index (κ2) is 5.81. The molecule has 0 spiro atoms.